The van der Waals surface area contributed by atoms with E-state index in [2.05, 4.69) is 20.4 Å². The summed E-state index contributed by atoms with van der Waals surface area (Å²) in [5.74, 6) is 1.75. The Hall–Kier alpha value is -2.12. The summed E-state index contributed by atoms with van der Waals surface area (Å²) in [7, 11) is 0. The molecule has 2 aromatic rings. The van der Waals surface area contributed by atoms with Gasteiger partial charge in [0.1, 0.15) is 5.75 Å². The van der Waals surface area contributed by atoms with Crippen molar-refractivity contribution in [2.45, 2.75) is 82.3 Å². The molecule has 2 saturated heterocycles. The van der Waals surface area contributed by atoms with E-state index < -0.39 is 0 Å². The van der Waals surface area contributed by atoms with E-state index in [9.17, 15) is 9.90 Å². The Morgan fingerprint density at radius 2 is 1.97 bits per heavy atom. The third kappa shape index (κ3) is 5.69. The summed E-state index contributed by atoms with van der Waals surface area (Å²) >= 11 is 0. The molecule has 1 aliphatic carbocycles. The maximum atomic E-state index is 12.3. The van der Waals surface area contributed by atoms with Gasteiger partial charge in [-0.15, -0.1) is 0 Å². The first-order valence-corrected chi connectivity index (χ1v) is 12.9. The van der Waals surface area contributed by atoms with Crippen LogP contribution in [0.5, 0.6) is 5.75 Å². The third-order valence-electron chi connectivity index (χ3n) is 8.07. The molecule has 0 radical (unpaired) electrons. The molecule has 1 unspecified atom stereocenters. The number of aromatic hydroxyl groups is 1. The number of rotatable bonds is 7. The first kappa shape index (κ1) is 22.7. The fourth-order valence-corrected chi connectivity index (χ4v) is 6.04. The van der Waals surface area contributed by atoms with Gasteiger partial charge in [-0.05, 0) is 95.5 Å². The molecule has 0 spiro atoms. The Balaban J connectivity index is 1.00. The second kappa shape index (κ2) is 10.4. The van der Waals surface area contributed by atoms with Crippen molar-refractivity contribution in [2.24, 2.45) is 5.92 Å². The van der Waals surface area contributed by atoms with Crippen molar-refractivity contribution in [1.29, 1.82) is 0 Å². The molecule has 0 bridgehead atoms. The average molecular weight is 455 g/mol. The molecule has 3 N–H and O–H groups in total. The van der Waals surface area contributed by atoms with Gasteiger partial charge in [0.2, 0.25) is 5.91 Å². The van der Waals surface area contributed by atoms with Crippen LogP contribution in [0.15, 0.2) is 18.2 Å². The summed E-state index contributed by atoms with van der Waals surface area (Å²) in [5.41, 5.74) is 2.08. The lowest BCUT2D eigenvalue weighted by Gasteiger charge is -2.34. The van der Waals surface area contributed by atoms with Gasteiger partial charge in [-0.1, -0.05) is 0 Å². The first-order valence-electron chi connectivity index (χ1n) is 12.9. The lowest BCUT2D eigenvalue weighted by Crippen LogP contribution is -2.39. The monoisotopic (exact) mass is 454 g/mol. The van der Waals surface area contributed by atoms with E-state index in [1.165, 1.54) is 31.5 Å². The number of amides is 1. The minimum Gasteiger partial charge on any atom is -0.508 e. The molecule has 5 rings (SSSR count). The topological polar surface area (TPSA) is 90.5 Å². The van der Waals surface area contributed by atoms with Crippen LogP contribution in [-0.2, 0) is 9.53 Å². The molecule has 7 heteroatoms. The van der Waals surface area contributed by atoms with Crippen molar-refractivity contribution in [2.75, 3.05) is 26.2 Å². The normalized spacial score (nSPS) is 27.2. The lowest BCUT2D eigenvalue weighted by atomic mass is 9.83. The van der Waals surface area contributed by atoms with Gasteiger partial charge >= 0.3 is 0 Å². The highest BCUT2D eigenvalue weighted by molar-refractivity contribution is 5.83. The number of phenolic OH excluding ortho intramolecular Hbond substituents is 1. The molecule has 180 valence electrons. The SMILES string of the molecule is O=C(CC1CCCO1)NC1CCC(CCN2CCC(c3[nH]nc4cc(O)ccc34)CC2)CC1. The van der Waals surface area contributed by atoms with Crippen molar-refractivity contribution in [3.63, 3.8) is 0 Å². The third-order valence-corrected chi connectivity index (χ3v) is 8.07. The zero-order chi connectivity index (χ0) is 22.6. The maximum absolute atomic E-state index is 12.3. The van der Waals surface area contributed by atoms with Crippen LogP contribution >= 0.6 is 0 Å². The molecule has 1 aromatic heterocycles. The number of phenols is 1. The van der Waals surface area contributed by atoms with Crippen LogP contribution in [0.4, 0.5) is 0 Å². The molecule has 7 nitrogen and oxygen atoms in total. The van der Waals surface area contributed by atoms with Crippen LogP contribution < -0.4 is 5.32 Å². The molecular weight excluding hydrogens is 416 g/mol. The van der Waals surface area contributed by atoms with Gasteiger partial charge in [0, 0.05) is 35.7 Å². The molecule has 1 amide bonds. The number of aromatic nitrogens is 2. The van der Waals surface area contributed by atoms with Gasteiger partial charge in [0.15, 0.2) is 0 Å². The Morgan fingerprint density at radius 1 is 1.15 bits per heavy atom. The van der Waals surface area contributed by atoms with Crippen molar-refractivity contribution in [1.82, 2.24) is 20.4 Å². The summed E-state index contributed by atoms with van der Waals surface area (Å²) in [6.07, 6.45) is 11.1. The molecule has 3 heterocycles. The maximum Gasteiger partial charge on any atom is 0.222 e. The fourth-order valence-electron chi connectivity index (χ4n) is 6.04. The van der Waals surface area contributed by atoms with Gasteiger partial charge in [-0.3, -0.25) is 9.89 Å². The van der Waals surface area contributed by atoms with Crippen LogP contribution in [0.2, 0.25) is 0 Å². The highest BCUT2D eigenvalue weighted by atomic mass is 16.5. The highest BCUT2D eigenvalue weighted by Crippen LogP contribution is 2.33. The standard InChI is InChI=1S/C26H38N4O3/c31-21-7-8-23-24(16-21)28-29-26(23)19-10-13-30(14-11-19)12-9-18-3-5-20(6-4-18)27-25(32)17-22-2-1-15-33-22/h7-8,16,18-20,22,31H,1-6,9-15,17H2,(H,27,32)(H,28,29). The first-order chi connectivity index (χ1) is 16.1. The van der Waals surface area contributed by atoms with Crippen molar-refractivity contribution in [3.8, 4) is 5.75 Å². The summed E-state index contributed by atoms with van der Waals surface area (Å²) in [6, 6.07) is 5.82. The number of piperidine rings is 1. The quantitative estimate of drug-likeness (QED) is 0.586. The highest BCUT2D eigenvalue weighted by Gasteiger charge is 2.27. The summed E-state index contributed by atoms with van der Waals surface area (Å²) < 4.78 is 5.59. The van der Waals surface area contributed by atoms with E-state index in [1.54, 1.807) is 12.1 Å². The summed E-state index contributed by atoms with van der Waals surface area (Å²) in [5, 5.41) is 21.7. The van der Waals surface area contributed by atoms with Gasteiger partial charge < -0.3 is 20.1 Å². The van der Waals surface area contributed by atoms with E-state index in [0.29, 0.717) is 18.4 Å². The molecule has 3 fully saturated rings. The van der Waals surface area contributed by atoms with Crippen LogP contribution in [0.25, 0.3) is 10.9 Å². The molecule has 1 saturated carbocycles. The van der Waals surface area contributed by atoms with Gasteiger partial charge in [-0.25, -0.2) is 0 Å². The van der Waals surface area contributed by atoms with Gasteiger partial charge in [0.25, 0.3) is 0 Å². The largest absolute Gasteiger partial charge is 0.508 e. The number of carbonyl (C=O) groups excluding carboxylic acids is 1. The molecule has 2 aliphatic heterocycles. The van der Waals surface area contributed by atoms with Crippen molar-refractivity contribution in [3.05, 3.63) is 23.9 Å². The van der Waals surface area contributed by atoms with E-state index in [4.69, 9.17) is 4.74 Å². The smallest absolute Gasteiger partial charge is 0.222 e. The van der Waals surface area contributed by atoms with Crippen LogP contribution in [0.1, 0.15) is 75.8 Å². The van der Waals surface area contributed by atoms with Crippen molar-refractivity contribution < 1.29 is 14.6 Å². The average Bonchev–Trinajstić information content (AvgIpc) is 3.48. The second-order valence-corrected chi connectivity index (χ2v) is 10.4. The molecule has 3 aliphatic rings. The van der Waals surface area contributed by atoms with E-state index >= 15 is 0 Å². The molecule has 33 heavy (non-hydrogen) atoms. The van der Waals surface area contributed by atoms with Crippen LogP contribution in [0.3, 0.4) is 0 Å². The van der Waals surface area contributed by atoms with Crippen molar-refractivity contribution >= 4 is 16.8 Å². The number of aromatic amines is 1. The number of hydrogen-bond donors (Lipinski definition) is 3. The molecule has 1 atom stereocenters. The number of carbonyl (C=O) groups is 1. The zero-order valence-electron chi connectivity index (χ0n) is 19.6. The molecule has 1 aromatic carbocycles. The number of ether oxygens (including phenoxy) is 1. The summed E-state index contributed by atoms with van der Waals surface area (Å²) in [4.78, 5) is 14.9. The second-order valence-electron chi connectivity index (χ2n) is 10.4. The summed E-state index contributed by atoms with van der Waals surface area (Å²) in [6.45, 7) is 4.27. The number of nitrogens with zero attached hydrogens (tertiary/aromatic N) is 2. The Kier molecular flexibility index (Phi) is 7.16. The number of nitrogens with one attached hydrogen (secondary N) is 2. The minimum atomic E-state index is 0.144. The van der Waals surface area contributed by atoms with Gasteiger partial charge in [0.05, 0.1) is 18.0 Å². The number of hydrogen-bond acceptors (Lipinski definition) is 5. The Morgan fingerprint density at radius 3 is 2.73 bits per heavy atom. The molecular formula is C26H38N4O3. The van der Waals surface area contributed by atoms with Gasteiger partial charge in [-0.2, -0.15) is 5.10 Å². The lowest BCUT2D eigenvalue weighted by molar-refractivity contribution is -0.124. The Bertz CT molecular complexity index is 923. The van der Waals surface area contributed by atoms with E-state index in [1.807, 2.05) is 6.07 Å². The van der Waals surface area contributed by atoms with Crippen LogP contribution in [0, 0.1) is 5.92 Å². The van der Waals surface area contributed by atoms with E-state index in [-0.39, 0.29) is 17.8 Å². The van der Waals surface area contributed by atoms with Crippen LogP contribution in [-0.4, -0.2) is 64.5 Å². The zero-order valence-corrected chi connectivity index (χ0v) is 19.6. The van der Waals surface area contributed by atoms with E-state index in [0.717, 1.165) is 75.0 Å². The minimum absolute atomic E-state index is 0.144. The number of likely N-dealkylation sites (tertiary alicyclic amines) is 1. The number of benzene rings is 1. The predicted molar refractivity (Wildman–Crippen MR) is 128 cm³/mol. The number of H-pyrrole nitrogens is 1. The Labute approximate surface area is 196 Å². The number of fused-ring (bicyclic) bond motifs is 1. The fraction of sp³-hybridized carbons (Fsp3) is 0.692. The predicted octanol–water partition coefficient (Wildman–Crippen LogP) is 4.08.